The number of carbonyl (C=O) groups is 3. The Bertz CT molecular complexity index is 1140. The fraction of sp³-hybridized carbons (Fsp3) is 0.350. The van der Waals surface area contributed by atoms with Crippen molar-refractivity contribution >= 4 is 44.1 Å². The number of anilines is 1. The van der Waals surface area contributed by atoms with Crippen LogP contribution in [-0.4, -0.2) is 50.1 Å². The van der Waals surface area contributed by atoms with Gasteiger partial charge in [0.25, 0.3) is 11.8 Å². The summed E-state index contributed by atoms with van der Waals surface area (Å²) in [5.74, 6) is -1.51. The lowest BCUT2D eigenvalue weighted by atomic mass is 10.0. The van der Waals surface area contributed by atoms with Crippen molar-refractivity contribution in [1.82, 2.24) is 4.90 Å². The average molecular weight is 466 g/mol. The van der Waals surface area contributed by atoms with Crippen LogP contribution in [0, 0.1) is 0 Å². The van der Waals surface area contributed by atoms with Crippen LogP contribution in [0.25, 0.3) is 0 Å². The maximum atomic E-state index is 12.9. The van der Waals surface area contributed by atoms with Crippen LogP contribution in [0.4, 0.5) is 9.80 Å². The van der Waals surface area contributed by atoms with Gasteiger partial charge in [0.05, 0.1) is 34.9 Å². The smallest absolute Gasteiger partial charge is 0.410 e. The molecule has 0 bridgehead atoms. The number of thiophene rings is 1. The summed E-state index contributed by atoms with van der Waals surface area (Å²) < 4.78 is 29.8. The van der Waals surface area contributed by atoms with Crippen molar-refractivity contribution in [2.24, 2.45) is 5.73 Å². The molecular formula is C20H23N3O6S2. The van der Waals surface area contributed by atoms with E-state index in [1.807, 2.05) is 0 Å². The van der Waals surface area contributed by atoms with Crippen molar-refractivity contribution < 1.29 is 27.5 Å². The minimum absolute atomic E-state index is 0.0145. The van der Waals surface area contributed by atoms with Crippen LogP contribution in [0.3, 0.4) is 0 Å². The highest BCUT2D eigenvalue weighted by atomic mass is 32.2. The predicted molar refractivity (Wildman–Crippen MR) is 116 cm³/mol. The van der Waals surface area contributed by atoms with Crippen molar-refractivity contribution in [2.45, 2.75) is 31.7 Å². The van der Waals surface area contributed by atoms with Gasteiger partial charge in [-0.3, -0.25) is 9.59 Å². The van der Waals surface area contributed by atoms with Crippen LogP contribution in [0.1, 0.15) is 45.0 Å². The van der Waals surface area contributed by atoms with Crippen LogP contribution in [-0.2, 0) is 27.5 Å². The summed E-state index contributed by atoms with van der Waals surface area (Å²) in [6.07, 6.45) is -0.0639. The number of sulfone groups is 1. The van der Waals surface area contributed by atoms with Gasteiger partial charge in [-0.1, -0.05) is 19.1 Å². The molecule has 11 heteroatoms. The monoisotopic (exact) mass is 465 g/mol. The van der Waals surface area contributed by atoms with Gasteiger partial charge in [-0.2, -0.15) is 0 Å². The van der Waals surface area contributed by atoms with Gasteiger partial charge < -0.3 is 20.7 Å². The lowest BCUT2D eigenvalue weighted by Crippen LogP contribution is -2.36. The lowest BCUT2D eigenvalue weighted by Gasteiger charge is -2.26. The Hall–Kier alpha value is -2.92. The molecule has 3 amide bonds. The quantitative estimate of drug-likeness (QED) is 0.672. The molecule has 166 valence electrons. The molecule has 0 fully saturated rings. The summed E-state index contributed by atoms with van der Waals surface area (Å²) in [7, 11) is -3.62. The number of hydrogen-bond donors (Lipinski definition) is 2. The number of nitrogens with one attached hydrogen (secondary N) is 1. The summed E-state index contributed by atoms with van der Waals surface area (Å²) >= 11 is 1.14. The molecule has 3 N–H and O–H groups in total. The SMILES string of the molecule is CCOC(=O)N1CCc2c(sc(NC(=O)c3ccccc3S(=O)(=O)CC)c2C(N)=O)C1. The van der Waals surface area contributed by atoms with Gasteiger partial charge in [-0.05, 0) is 31.0 Å². The van der Waals surface area contributed by atoms with Gasteiger partial charge in [-0.25, -0.2) is 13.2 Å². The van der Waals surface area contributed by atoms with Crippen molar-refractivity contribution in [3.63, 3.8) is 0 Å². The van der Waals surface area contributed by atoms with Gasteiger partial charge in [0.2, 0.25) is 0 Å². The number of benzene rings is 1. The van der Waals surface area contributed by atoms with E-state index in [-0.39, 0.29) is 39.9 Å². The molecule has 31 heavy (non-hydrogen) atoms. The predicted octanol–water partition coefficient (Wildman–Crippen LogP) is 2.41. The van der Waals surface area contributed by atoms with Gasteiger partial charge in [0.1, 0.15) is 5.00 Å². The largest absolute Gasteiger partial charge is 0.450 e. The zero-order chi connectivity index (χ0) is 22.8. The number of amides is 3. The van der Waals surface area contributed by atoms with E-state index in [1.165, 1.54) is 24.0 Å². The van der Waals surface area contributed by atoms with Gasteiger partial charge in [0, 0.05) is 11.4 Å². The Kier molecular flexibility index (Phi) is 6.65. The van der Waals surface area contributed by atoms with E-state index in [2.05, 4.69) is 5.32 Å². The molecule has 1 aliphatic heterocycles. The third-order valence-corrected chi connectivity index (χ3v) is 7.82. The molecule has 9 nitrogen and oxygen atoms in total. The summed E-state index contributed by atoms with van der Waals surface area (Å²) in [6.45, 7) is 4.05. The zero-order valence-electron chi connectivity index (χ0n) is 17.1. The molecule has 0 saturated heterocycles. The third kappa shape index (κ3) is 4.57. The Morgan fingerprint density at radius 3 is 2.58 bits per heavy atom. The van der Waals surface area contributed by atoms with E-state index in [9.17, 15) is 22.8 Å². The highest BCUT2D eigenvalue weighted by molar-refractivity contribution is 7.91. The second-order valence-electron chi connectivity index (χ2n) is 6.80. The maximum Gasteiger partial charge on any atom is 0.410 e. The number of rotatable bonds is 6. The highest BCUT2D eigenvalue weighted by Gasteiger charge is 2.30. The molecule has 0 atom stereocenters. The van der Waals surface area contributed by atoms with E-state index in [0.717, 1.165) is 16.2 Å². The third-order valence-electron chi connectivity index (χ3n) is 4.90. The Morgan fingerprint density at radius 1 is 1.23 bits per heavy atom. The first-order valence-corrected chi connectivity index (χ1v) is 12.2. The Balaban J connectivity index is 1.95. The van der Waals surface area contributed by atoms with Gasteiger partial charge in [-0.15, -0.1) is 11.3 Å². The first kappa shape index (κ1) is 22.8. The Morgan fingerprint density at radius 2 is 1.94 bits per heavy atom. The standard InChI is InChI=1S/C20H23N3O6S2/c1-3-29-20(26)23-10-9-12-14(11-23)30-19(16(12)17(21)24)22-18(25)13-7-5-6-8-15(13)31(27,28)4-2/h5-8H,3-4,9-11H2,1-2H3,(H2,21,24)(H,22,25). The molecule has 2 aromatic rings. The number of nitrogens with zero attached hydrogens (tertiary/aromatic N) is 1. The van der Waals surface area contributed by atoms with Crippen LogP contribution in [0.5, 0.6) is 0 Å². The van der Waals surface area contributed by atoms with E-state index in [1.54, 1.807) is 19.1 Å². The highest BCUT2D eigenvalue weighted by Crippen LogP contribution is 2.37. The molecular weight excluding hydrogens is 442 g/mol. The average Bonchev–Trinajstić information content (AvgIpc) is 3.11. The molecule has 2 heterocycles. The Labute approximate surface area is 184 Å². The first-order valence-electron chi connectivity index (χ1n) is 9.68. The molecule has 1 aliphatic rings. The van der Waals surface area contributed by atoms with Crippen LogP contribution < -0.4 is 11.1 Å². The molecule has 0 radical (unpaired) electrons. The molecule has 0 saturated carbocycles. The van der Waals surface area contributed by atoms with Crippen LogP contribution >= 0.6 is 11.3 Å². The van der Waals surface area contributed by atoms with E-state index in [0.29, 0.717) is 18.5 Å². The van der Waals surface area contributed by atoms with E-state index in [4.69, 9.17) is 10.5 Å². The zero-order valence-corrected chi connectivity index (χ0v) is 18.8. The summed E-state index contributed by atoms with van der Waals surface area (Å²) in [4.78, 5) is 39.3. The van der Waals surface area contributed by atoms with Crippen molar-refractivity contribution in [2.75, 3.05) is 24.2 Å². The van der Waals surface area contributed by atoms with Crippen LogP contribution in [0.2, 0.25) is 0 Å². The van der Waals surface area contributed by atoms with Gasteiger partial charge in [0.15, 0.2) is 9.84 Å². The normalized spacial score (nSPS) is 13.4. The molecule has 1 aromatic carbocycles. The fourth-order valence-corrected chi connectivity index (χ4v) is 5.73. The molecule has 3 rings (SSSR count). The topological polar surface area (TPSA) is 136 Å². The number of hydrogen-bond acceptors (Lipinski definition) is 7. The maximum absolute atomic E-state index is 12.9. The van der Waals surface area contributed by atoms with Crippen molar-refractivity contribution in [1.29, 1.82) is 0 Å². The number of ether oxygens (including phenoxy) is 1. The van der Waals surface area contributed by atoms with E-state index >= 15 is 0 Å². The molecule has 1 aromatic heterocycles. The van der Waals surface area contributed by atoms with E-state index < -0.39 is 27.7 Å². The minimum Gasteiger partial charge on any atom is -0.450 e. The number of carbonyl (C=O) groups excluding carboxylic acids is 3. The van der Waals surface area contributed by atoms with Crippen molar-refractivity contribution in [3.8, 4) is 0 Å². The molecule has 0 aliphatic carbocycles. The molecule has 0 unspecified atom stereocenters. The second-order valence-corrected chi connectivity index (χ2v) is 10.1. The number of fused-ring (bicyclic) bond motifs is 1. The summed E-state index contributed by atoms with van der Waals surface area (Å²) in [5.41, 5.74) is 6.43. The number of nitrogens with two attached hydrogens (primary N) is 1. The first-order chi connectivity index (χ1) is 14.7. The summed E-state index contributed by atoms with van der Waals surface area (Å²) in [6, 6.07) is 5.90. The summed E-state index contributed by atoms with van der Waals surface area (Å²) in [5, 5.41) is 2.88. The van der Waals surface area contributed by atoms with Crippen LogP contribution in [0.15, 0.2) is 29.2 Å². The fourth-order valence-electron chi connectivity index (χ4n) is 3.37. The second kappa shape index (κ2) is 9.06. The molecule has 0 spiro atoms. The van der Waals surface area contributed by atoms with Gasteiger partial charge >= 0.3 is 6.09 Å². The minimum atomic E-state index is -3.62. The number of primary amides is 1. The lowest BCUT2D eigenvalue weighted by molar-refractivity contribution is 0.0997. The van der Waals surface area contributed by atoms with Crippen molar-refractivity contribution in [3.05, 3.63) is 45.8 Å².